The maximum absolute atomic E-state index is 11.2. The summed E-state index contributed by atoms with van der Waals surface area (Å²) in [6.07, 6.45) is 0. The molecule has 0 saturated carbocycles. The highest BCUT2D eigenvalue weighted by atomic mass is 35.5. The Bertz CT molecular complexity index is 660. The molecule has 0 saturated heterocycles. The summed E-state index contributed by atoms with van der Waals surface area (Å²) in [5.41, 5.74) is 6.78. The highest BCUT2D eigenvalue weighted by Gasteiger charge is 2.08. The molecule has 0 unspecified atom stereocenters. The van der Waals surface area contributed by atoms with Gasteiger partial charge in [-0.15, -0.1) is 0 Å². The zero-order chi connectivity index (χ0) is 14.7. The van der Waals surface area contributed by atoms with Gasteiger partial charge in [0.15, 0.2) is 0 Å². The number of carbonyl (C=O) groups is 1. The maximum atomic E-state index is 11.2. The van der Waals surface area contributed by atoms with Crippen molar-refractivity contribution in [3.63, 3.8) is 0 Å². The predicted molar refractivity (Wildman–Crippen MR) is 80.4 cm³/mol. The van der Waals surface area contributed by atoms with Gasteiger partial charge < -0.3 is 16.2 Å². The van der Waals surface area contributed by atoms with Crippen molar-refractivity contribution in [3.8, 4) is 5.75 Å². The van der Waals surface area contributed by atoms with E-state index >= 15 is 0 Å². The third kappa shape index (κ3) is 3.15. The minimum atomic E-state index is -0.593. The fourth-order valence-electron chi connectivity index (χ4n) is 1.72. The summed E-state index contributed by atoms with van der Waals surface area (Å²) in [5, 5.41) is 13.5. The number of rotatable bonds is 4. The first kappa shape index (κ1) is 14.5. The summed E-state index contributed by atoms with van der Waals surface area (Å²) in [6.45, 7) is 0.353. The number of nitrogens with two attached hydrogens (primary N) is 1. The Morgan fingerprint density at radius 3 is 2.65 bits per heavy atom. The van der Waals surface area contributed by atoms with Crippen molar-refractivity contribution in [2.75, 3.05) is 5.32 Å². The Morgan fingerprint density at radius 2 is 1.95 bits per heavy atom. The van der Waals surface area contributed by atoms with E-state index in [0.29, 0.717) is 27.8 Å². The van der Waals surface area contributed by atoms with E-state index < -0.39 is 5.91 Å². The third-order valence-electron chi connectivity index (χ3n) is 2.79. The molecule has 0 aliphatic carbocycles. The van der Waals surface area contributed by atoms with Crippen LogP contribution >= 0.6 is 23.2 Å². The monoisotopic (exact) mass is 310 g/mol. The van der Waals surface area contributed by atoms with E-state index in [1.54, 1.807) is 36.4 Å². The summed E-state index contributed by atoms with van der Waals surface area (Å²) in [7, 11) is 0. The van der Waals surface area contributed by atoms with E-state index in [-0.39, 0.29) is 11.3 Å². The van der Waals surface area contributed by atoms with Crippen LogP contribution in [0.5, 0.6) is 5.75 Å². The van der Waals surface area contributed by atoms with Crippen molar-refractivity contribution in [1.82, 2.24) is 0 Å². The van der Waals surface area contributed by atoms with E-state index in [1.165, 1.54) is 0 Å². The van der Waals surface area contributed by atoms with Gasteiger partial charge >= 0.3 is 0 Å². The zero-order valence-electron chi connectivity index (χ0n) is 10.4. The van der Waals surface area contributed by atoms with Crippen molar-refractivity contribution in [2.45, 2.75) is 6.54 Å². The van der Waals surface area contributed by atoms with Gasteiger partial charge in [-0.25, -0.2) is 0 Å². The topological polar surface area (TPSA) is 75.4 Å². The largest absolute Gasteiger partial charge is 0.506 e. The van der Waals surface area contributed by atoms with Crippen molar-refractivity contribution < 1.29 is 9.90 Å². The number of nitrogens with one attached hydrogen (secondary N) is 1. The summed E-state index contributed by atoms with van der Waals surface area (Å²) in [5.74, 6) is -0.560. The summed E-state index contributed by atoms with van der Waals surface area (Å²) in [6, 6.07) is 9.97. The molecule has 4 N–H and O–H groups in total. The van der Waals surface area contributed by atoms with Gasteiger partial charge in [-0.05, 0) is 24.3 Å². The molecular weight excluding hydrogens is 299 g/mol. The van der Waals surface area contributed by atoms with Crippen LogP contribution in [0.15, 0.2) is 36.4 Å². The van der Waals surface area contributed by atoms with E-state index in [0.717, 1.165) is 0 Å². The summed E-state index contributed by atoms with van der Waals surface area (Å²) < 4.78 is 0. The number of benzene rings is 2. The van der Waals surface area contributed by atoms with Gasteiger partial charge in [-0.1, -0.05) is 35.3 Å². The Morgan fingerprint density at radius 1 is 1.20 bits per heavy atom. The number of anilines is 1. The van der Waals surface area contributed by atoms with Crippen LogP contribution in [0.25, 0.3) is 0 Å². The van der Waals surface area contributed by atoms with E-state index in [1.807, 2.05) is 0 Å². The molecule has 0 spiro atoms. The number of aromatic hydroxyl groups is 1. The summed E-state index contributed by atoms with van der Waals surface area (Å²) >= 11 is 11.7. The molecule has 6 heteroatoms. The lowest BCUT2D eigenvalue weighted by Crippen LogP contribution is -2.12. The van der Waals surface area contributed by atoms with Crippen LogP contribution in [0.2, 0.25) is 10.0 Å². The van der Waals surface area contributed by atoms with Crippen LogP contribution in [0.1, 0.15) is 15.9 Å². The molecule has 0 atom stereocenters. The lowest BCUT2D eigenvalue weighted by Gasteiger charge is -2.10. The smallest absolute Gasteiger partial charge is 0.250 e. The number of amides is 1. The number of hydrogen-bond donors (Lipinski definition) is 3. The van der Waals surface area contributed by atoms with Crippen molar-refractivity contribution in [3.05, 3.63) is 57.6 Å². The number of phenols is 1. The molecule has 0 aromatic heterocycles. The first-order valence-corrected chi connectivity index (χ1v) is 6.54. The Hall–Kier alpha value is -1.91. The van der Waals surface area contributed by atoms with Gasteiger partial charge in [0.25, 0.3) is 0 Å². The van der Waals surface area contributed by atoms with Gasteiger partial charge in [0.1, 0.15) is 5.75 Å². The zero-order valence-corrected chi connectivity index (χ0v) is 11.9. The first-order chi connectivity index (χ1) is 9.49. The van der Waals surface area contributed by atoms with Crippen LogP contribution in [-0.2, 0) is 6.54 Å². The van der Waals surface area contributed by atoms with Crippen LogP contribution in [0.3, 0.4) is 0 Å². The number of carbonyl (C=O) groups excluding carboxylic acids is 1. The molecule has 0 aliphatic heterocycles. The highest BCUT2D eigenvalue weighted by Crippen LogP contribution is 2.28. The Labute approximate surface area is 126 Å². The van der Waals surface area contributed by atoms with Crippen LogP contribution in [-0.4, -0.2) is 11.0 Å². The molecule has 0 aliphatic rings. The number of para-hydroxylation sites is 1. The second-order valence-corrected chi connectivity index (χ2v) is 4.97. The van der Waals surface area contributed by atoms with Crippen molar-refractivity contribution >= 4 is 34.8 Å². The minimum absolute atomic E-state index is 0.0331. The van der Waals surface area contributed by atoms with Gasteiger partial charge in [0, 0.05) is 17.8 Å². The first-order valence-electron chi connectivity index (χ1n) is 5.78. The number of phenolic OH excluding ortho intramolecular Hbond substituents is 1. The maximum Gasteiger partial charge on any atom is 0.250 e. The molecule has 20 heavy (non-hydrogen) atoms. The van der Waals surface area contributed by atoms with Crippen LogP contribution < -0.4 is 11.1 Å². The second-order valence-electron chi connectivity index (χ2n) is 4.16. The molecule has 2 rings (SSSR count). The van der Waals surface area contributed by atoms with E-state index in [4.69, 9.17) is 28.9 Å². The average molecular weight is 311 g/mol. The Balaban J connectivity index is 2.17. The molecular formula is C14H12Cl2N2O2. The number of hydrogen-bond acceptors (Lipinski definition) is 3. The minimum Gasteiger partial charge on any atom is -0.506 e. The molecule has 0 fully saturated rings. The second kappa shape index (κ2) is 6.03. The Kier molecular flexibility index (Phi) is 4.37. The van der Waals surface area contributed by atoms with Crippen molar-refractivity contribution in [1.29, 1.82) is 0 Å². The molecule has 0 heterocycles. The average Bonchev–Trinajstić information content (AvgIpc) is 2.41. The van der Waals surface area contributed by atoms with Gasteiger partial charge in [-0.3, -0.25) is 4.79 Å². The van der Waals surface area contributed by atoms with E-state index in [9.17, 15) is 9.90 Å². The molecule has 2 aromatic rings. The quantitative estimate of drug-likeness (QED) is 0.810. The van der Waals surface area contributed by atoms with Gasteiger partial charge in [-0.2, -0.15) is 0 Å². The molecule has 2 aromatic carbocycles. The number of primary amides is 1. The molecule has 1 amide bonds. The van der Waals surface area contributed by atoms with Gasteiger partial charge in [0.2, 0.25) is 5.91 Å². The normalized spacial score (nSPS) is 10.3. The fourth-order valence-corrected chi connectivity index (χ4v) is 2.13. The summed E-state index contributed by atoms with van der Waals surface area (Å²) in [4.78, 5) is 11.2. The predicted octanol–water partition coefficient (Wildman–Crippen LogP) is 3.41. The molecule has 104 valence electrons. The molecule has 0 bridgehead atoms. The lowest BCUT2D eigenvalue weighted by atomic mass is 10.1. The van der Waals surface area contributed by atoms with Crippen LogP contribution in [0.4, 0.5) is 5.69 Å². The SMILES string of the molecule is NC(=O)c1cc(NCc2cccc(Cl)c2O)ccc1Cl. The van der Waals surface area contributed by atoms with E-state index in [2.05, 4.69) is 5.32 Å². The van der Waals surface area contributed by atoms with Crippen molar-refractivity contribution in [2.24, 2.45) is 5.73 Å². The van der Waals surface area contributed by atoms with Gasteiger partial charge in [0.05, 0.1) is 15.6 Å². The molecule has 4 nitrogen and oxygen atoms in total. The highest BCUT2D eigenvalue weighted by molar-refractivity contribution is 6.34. The van der Waals surface area contributed by atoms with Crippen LogP contribution in [0, 0.1) is 0 Å². The fraction of sp³-hybridized carbons (Fsp3) is 0.0714. The third-order valence-corrected chi connectivity index (χ3v) is 3.42. The number of halogens is 2. The molecule has 0 radical (unpaired) electrons. The lowest BCUT2D eigenvalue weighted by molar-refractivity contribution is 0.100. The standard InChI is InChI=1S/C14H12Cl2N2O2/c15-11-5-4-9(6-10(11)14(17)20)18-7-8-2-1-3-12(16)13(8)19/h1-6,18-19H,7H2,(H2,17,20).